The highest BCUT2D eigenvalue weighted by Gasteiger charge is 2.45. The molecule has 0 radical (unpaired) electrons. The summed E-state index contributed by atoms with van der Waals surface area (Å²) in [7, 11) is 0. The Morgan fingerprint density at radius 2 is 2.32 bits per heavy atom. The molecule has 2 rings (SSSR count). The first-order valence-electron chi connectivity index (χ1n) is 6.85. The second kappa shape index (κ2) is 5.16. The highest BCUT2D eigenvalue weighted by Crippen LogP contribution is 2.45. The molecule has 4 nitrogen and oxygen atoms in total. The van der Waals surface area contributed by atoms with Gasteiger partial charge in [0.25, 0.3) is 0 Å². The minimum absolute atomic E-state index is 0.467. The molecule has 1 aliphatic rings. The topological polar surface area (TPSA) is 55.1 Å². The molecule has 0 saturated heterocycles. The monoisotopic (exact) mass is 284 g/mol. The summed E-state index contributed by atoms with van der Waals surface area (Å²) in [6, 6.07) is 0. The van der Waals surface area contributed by atoms with Gasteiger partial charge in [-0.1, -0.05) is 18.5 Å². The summed E-state index contributed by atoms with van der Waals surface area (Å²) in [5.74, 6) is -0.233. The Labute approximate surface area is 118 Å². The van der Waals surface area contributed by atoms with Gasteiger partial charge in [0, 0.05) is 13.0 Å². The quantitative estimate of drug-likeness (QED) is 0.923. The summed E-state index contributed by atoms with van der Waals surface area (Å²) >= 11 is 6.30. The van der Waals surface area contributed by atoms with Crippen LogP contribution in [0.15, 0.2) is 0 Å². The number of rotatable bonds is 4. The van der Waals surface area contributed by atoms with Gasteiger partial charge in [0.2, 0.25) is 0 Å². The maximum Gasteiger partial charge on any atom is 0.310 e. The number of carbonyl (C=O) groups is 1. The van der Waals surface area contributed by atoms with Crippen LogP contribution < -0.4 is 0 Å². The number of nitrogens with zero attached hydrogens (tertiary/aromatic N) is 2. The SMILES string of the molecule is CCn1nc(C)c(Cl)c1CC1(C(=O)O)CCC(C)C1. The van der Waals surface area contributed by atoms with E-state index in [1.54, 1.807) is 0 Å². The molecule has 1 fully saturated rings. The lowest BCUT2D eigenvalue weighted by molar-refractivity contribution is -0.148. The van der Waals surface area contributed by atoms with E-state index in [0.717, 1.165) is 30.7 Å². The smallest absolute Gasteiger partial charge is 0.310 e. The van der Waals surface area contributed by atoms with Gasteiger partial charge in [-0.05, 0) is 39.0 Å². The third kappa shape index (κ3) is 2.50. The normalized spacial score (nSPS) is 26.8. The molecule has 0 aromatic carbocycles. The van der Waals surface area contributed by atoms with Crippen molar-refractivity contribution >= 4 is 17.6 Å². The number of hydrogen-bond donors (Lipinski definition) is 1. The van der Waals surface area contributed by atoms with Gasteiger partial charge in [0.15, 0.2) is 0 Å². The Kier molecular flexibility index (Phi) is 3.90. The van der Waals surface area contributed by atoms with E-state index < -0.39 is 11.4 Å². The third-order valence-electron chi connectivity index (χ3n) is 4.27. The largest absolute Gasteiger partial charge is 0.481 e. The van der Waals surface area contributed by atoms with Crippen LogP contribution in [0.3, 0.4) is 0 Å². The third-order valence-corrected chi connectivity index (χ3v) is 4.76. The lowest BCUT2D eigenvalue weighted by atomic mass is 9.80. The number of carboxylic acid groups (broad SMARTS) is 1. The van der Waals surface area contributed by atoms with Gasteiger partial charge in [-0.3, -0.25) is 9.48 Å². The van der Waals surface area contributed by atoms with Gasteiger partial charge >= 0.3 is 5.97 Å². The molecule has 0 amide bonds. The predicted octanol–water partition coefficient (Wildman–Crippen LogP) is 3.30. The standard InChI is InChI=1S/C14H21ClN2O2/c1-4-17-11(12(15)10(3)16-17)8-14(13(18)19)6-5-9(2)7-14/h9H,4-8H2,1-3H3,(H,18,19). The molecule has 1 aromatic rings. The van der Waals surface area contributed by atoms with Crippen LogP contribution in [0.25, 0.3) is 0 Å². The Morgan fingerprint density at radius 3 is 2.79 bits per heavy atom. The van der Waals surface area contributed by atoms with Crippen molar-refractivity contribution in [3.8, 4) is 0 Å². The van der Waals surface area contributed by atoms with Crippen LogP contribution in [0.5, 0.6) is 0 Å². The van der Waals surface area contributed by atoms with Crippen LogP contribution in [-0.4, -0.2) is 20.9 Å². The van der Waals surface area contributed by atoms with Gasteiger partial charge < -0.3 is 5.11 Å². The average molecular weight is 285 g/mol. The fraction of sp³-hybridized carbons (Fsp3) is 0.714. The molecular formula is C14H21ClN2O2. The van der Waals surface area contributed by atoms with Crippen molar-refractivity contribution in [2.45, 2.75) is 53.0 Å². The first-order valence-corrected chi connectivity index (χ1v) is 7.22. The van der Waals surface area contributed by atoms with Crippen molar-refractivity contribution in [1.29, 1.82) is 0 Å². The highest BCUT2D eigenvalue weighted by atomic mass is 35.5. The molecule has 1 N–H and O–H groups in total. The number of halogens is 1. The minimum Gasteiger partial charge on any atom is -0.481 e. The van der Waals surface area contributed by atoms with E-state index in [1.165, 1.54) is 0 Å². The molecule has 2 unspecified atom stereocenters. The lowest BCUT2D eigenvalue weighted by Gasteiger charge is -2.24. The minimum atomic E-state index is -0.700. The Morgan fingerprint density at radius 1 is 1.63 bits per heavy atom. The van der Waals surface area contributed by atoms with E-state index in [4.69, 9.17) is 11.6 Å². The van der Waals surface area contributed by atoms with Gasteiger partial charge in [0.1, 0.15) is 0 Å². The summed E-state index contributed by atoms with van der Waals surface area (Å²) in [5.41, 5.74) is 0.992. The molecule has 0 spiro atoms. The van der Waals surface area contributed by atoms with E-state index in [-0.39, 0.29) is 0 Å². The second-order valence-electron chi connectivity index (χ2n) is 5.77. The first-order chi connectivity index (χ1) is 8.89. The molecular weight excluding hydrogens is 264 g/mol. The molecule has 106 valence electrons. The number of aromatic nitrogens is 2. The van der Waals surface area contributed by atoms with Crippen molar-refractivity contribution in [2.75, 3.05) is 0 Å². The summed E-state index contributed by atoms with van der Waals surface area (Å²) in [5, 5.41) is 14.6. The van der Waals surface area contributed by atoms with Gasteiger partial charge in [0.05, 0.1) is 21.8 Å². The van der Waals surface area contributed by atoms with E-state index in [9.17, 15) is 9.90 Å². The van der Waals surface area contributed by atoms with Crippen LogP contribution in [0.4, 0.5) is 0 Å². The molecule has 1 heterocycles. The fourth-order valence-electron chi connectivity index (χ4n) is 3.18. The molecule has 19 heavy (non-hydrogen) atoms. The maximum absolute atomic E-state index is 11.7. The summed E-state index contributed by atoms with van der Waals surface area (Å²) in [4.78, 5) is 11.7. The molecule has 1 aliphatic carbocycles. The van der Waals surface area contributed by atoms with Gasteiger partial charge in [-0.2, -0.15) is 5.10 Å². The fourth-order valence-corrected chi connectivity index (χ4v) is 3.38. The number of aryl methyl sites for hydroxylation is 2. The van der Waals surface area contributed by atoms with Crippen molar-refractivity contribution in [3.63, 3.8) is 0 Å². The zero-order valence-electron chi connectivity index (χ0n) is 11.7. The zero-order valence-corrected chi connectivity index (χ0v) is 12.5. The van der Waals surface area contributed by atoms with E-state index >= 15 is 0 Å². The first kappa shape index (κ1) is 14.4. The summed E-state index contributed by atoms with van der Waals surface area (Å²) in [6.07, 6.45) is 2.92. The van der Waals surface area contributed by atoms with Crippen LogP contribution in [0.1, 0.15) is 44.5 Å². The van der Waals surface area contributed by atoms with Crippen molar-refractivity contribution < 1.29 is 9.90 Å². The van der Waals surface area contributed by atoms with Crippen molar-refractivity contribution in [1.82, 2.24) is 9.78 Å². The molecule has 1 saturated carbocycles. The van der Waals surface area contributed by atoms with Gasteiger partial charge in [-0.25, -0.2) is 0 Å². The molecule has 0 aliphatic heterocycles. The van der Waals surface area contributed by atoms with Crippen LogP contribution >= 0.6 is 11.6 Å². The Bertz CT molecular complexity index is 498. The number of carboxylic acids is 1. The van der Waals surface area contributed by atoms with Crippen LogP contribution in [-0.2, 0) is 17.8 Å². The Hall–Kier alpha value is -1.03. The average Bonchev–Trinajstić information content (AvgIpc) is 2.86. The van der Waals surface area contributed by atoms with Gasteiger partial charge in [-0.15, -0.1) is 0 Å². The summed E-state index contributed by atoms with van der Waals surface area (Å²) < 4.78 is 1.84. The predicted molar refractivity (Wildman–Crippen MR) is 74.4 cm³/mol. The summed E-state index contributed by atoms with van der Waals surface area (Å²) in [6.45, 7) is 6.70. The van der Waals surface area contributed by atoms with E-state index in [0.29, 0.717) is 23.9 Å². The van der Waals surface area contributed by atoms with Crippen LogP contribution in [0.2, 0.25) is 5.02 Å². The maximum atomic E-state index is 11.7. The lowest BCUT2D eigenvalue weighted by Crippen LogP contribution is -2.31. The second-order valence-corrected chi connectivity index (χ2v) is 6.15. The van der Waals surface area contributed by atoms with Crippen LogP contribution in [0, 0.1) is 18.3 Å². The molecule has 1 aromatic heterocycles. The van der Waals surface area contributed by atoms with E-state index in [1.807, 2.05) is 18.5 Å². The number of aliphatic carboxylic acids is 1. The van der Waals surface area contributed by atoms with Crippen molar-refractivity contribution in [2.24, 2.45) is 11.3 Å². The van der Waals surface area contributed by atoms with Crippen molar-refractivity contribution in [3.05, 3.63) is 16.4 Å². The van der Waals surface area contributed by atoms with E-state index in [2.05, 4.69) is 12.0 Å². The molecule has 0 bridgehead atoms. The zero-order chi connectivity index (χ0) is 14.2. The highest BCUT2D eigenvalue weighted by molar-refractivity contribution is 6.31. The molecule has 5 heteroatoms. The Balaban J connectivity index is 2.35. The number of hydrogen-bond acceptors (Lipinski definition) is 2. The molecule has 2 atom stereocenters.